The van der Waals surface area contributed by atoms with Gasteiger partial charge in [0.1, 0.15) is 6.29 Å². The molecule has 0 saturated carbocycles. The first-order valence-electron chi connectivity index (χ1n) is 4.50. The van der Waals surface area contributed by atoms with Crippen LogP contribution in [0.1, 0.15) is 10.4 Å². The van der Waals surface area contributed by atoms with Gasteiger partial charge in [-0.1, -0.05) is 0 Å². The lowest BCUT2D eigenvalue weighted by atomic mass is 10.1. The van der Waals surface area contributed by atoms with E-state index in [1.54, 1.807) is 0 Å². The Morgan fingerprint density at radius 2 is 1.57 bits per heavy atom. The second-order valence-electron chi connectivity index (χ2n) is 3.65. The van der Waals surface area contributed by atoms with Gasteiger partial charge >= 0.3 is 0 Å². The summed E-state index contributed by atoms with van der Waals surface area (Å²) in [5.74, 6) is 0. The lowest BCUT2D eigenvalue weighted by molar-refractivity contribution is 0.112. The Morgan fingerprint density at radius 3 is 2.00 bits per heavy atom. The minimum Gasteiger partial charge on any atom is -0.376 e. The second kappa shape index (κ2) is 4.13. The summed E-state index contributed by atoms with van der Waals surface area (Å²) in [7, 11) is 7.92. The van der Waals surface area contributed by atoms with E-state index in [1.807, 2.05) is 56.2 Å². The molecule has 0 aliphatic carbocycles. The number of rotatable bonds is 3. The maximum atomic E-state index is 10.6. The number of carbonyl (C=O) groups excluding carboxylic acids is 1. The van der Waals surface area contributed by atoms with E-state index >= 15 is 0 Å². The van der Waals surface area contributed by atoms with Gasteiger partial charge < -0.3 is 9.80 Å². The molecule has 0 amide bonds. The van der Waals surface area contributed by atoms with Gasteiger partial charge in [0.25, 0.3) is 0 Å². The smallest absolute Gasteiger partial charge is 0.150 e. The zero-order valence-corrected chi connectivity index (χ0v) is 9.11. The van der Waals surface area contributed by atoms with E-state index in [1.165, 1.54) is 0 Å². The van der Waals surface area contributed by atoms with Gasteiger partial charge in [0.15, 0.2) is 0 Å². The number of hydrogen-bond donors (Lipinski definition) is 0. The third-order valence-corrected chi connectivity index (χ3v) is 2.10. The van der Waals surface area contributed by atoms with Crippen molar-refractivity contribution in [2.24, 2.45) is 0 Å². The van der Waals surface area contributed by atoms with E-state index < -0.39 is 0 Å². The number of nitrogens with zero attached hydrogens (tertiary/aromatic N) is 2. The van der Waals surface area contributed by atoms with Crippen LogP contribution in [0.5, 0.6) is 0 Å². The van der Waals surface area contributed by atoms with Crippen molar-refractivity contribution in [1.29, 1.82) is 0 Å². The van der Waals surface area contributed by atoms with Crippen molar-refractivity contribution in [2.45, 2.75) is 0 Å². The molecule has 3 nitrogen and oxygen atoms in total. The Hall–Kier alpha value is -1.51. The second-order valence-corrected chi connectivity index (χ2v) is 3.65. The third kappa shape index (κ3) is 2.05. The van der Waals surface area contributed by atoms with Crippen LogP contribution in [0.2, 0.25) is 0 Å². The Bertz CT molecular complexity index is 332. The first-order chi connectivity index (χ1) is 6.56. The van der Waals surface area contributed by atoms with Gasteiger partial charge in [-0.15, -0.1) is 0 Å². The molecule has 76 valence electrons. The van der Waals surface area contributed by atoms with Crippen LogP contribution in [-0.2, 0) is 0 Å². The molecule has 0 aromatic heterocycles. The quantitative estimate of drug-likeness (QED) is 0.680. The molecule has 0 bridgehead atoms. The Kier molecular flexibility index (Phi) is 3.12. The number of carbonyl (C=O) groups is 1. The van der Waals surface area contributed by atoms with Gasteiger partial charge in [0.05, 0.1) is 11.4 Å². The summed E-state index contributed by atoms with van der Waals surface area (Å²) < 4.78 is 0. The van der Waals surface area contributed by atoms with Crippen molar-refractivity contribution in [1.82, 2.24) is 0 Å². The van der Waals surface area contributed by atoms with Crippen LogP contribution < -0.4 is 9.80 Å². The summed E-state index contributed by atoms with van der Waals surface area (Å²) in [4.78, 5) is 14.7. The van der Waals surface area contributed by atoms with Gasteiger partial charge in [-0.2, -0.15) is 0 Å². The normalized spacial score (nSPS) is 9.71. The van der Waals surface area contributed by atoms with Crippen LogP contribution in [0.25, 0.3) is 0 Å². The number of aldehydes is 1. The minimum absolute atomic E-state index is 0.708. The molecule has 0 unspecified atom stereocenters. The minimum atomic E-state index is 0.708. The van der Waals surface area contributed by atoms with Crippen LogP contribution in [0.3, 0.4) is 0 Å². The van der Waals surface area contributed by atoms with Crippen molar-refractivity contribution >= 4 is 17.7 Å². The summed E-state index contributed by atoms with van der Waals surface area (Å²) in [6, 6.07) is 5.68. The van der Waals surface area contributed by atoms with Gasteiger partial charge in [-0.25, -0.2) is 0 Å². The fourth-order valence-electron chi connectivity index (χ4n) is 1.35. The van der Waals surface area contributed by atoms with E-state index in [9.17, 15) is 4.79 Å². The third-order valence-electron chi connectivity index (χ3n) is 2.10. The zero-order chi connectivity index (χ0) is 10.7. The van der Waals surface area contributed by atoms with Crippen LogP contribution in [-0.4, -0.2) is 34.5 Å². The first-order valence-corrected chi connectivity index (χ1v) is 4.50. The fraction of sp³-hybridized carbons (Fsp3) is 0.364. The van der Waals surface area contributed by atoms with Gasteiger partial charge in [-0.05, 0) is 18.2 Å². The molecule has 0 saturated heterocycles. The van der Waals surface area contributed by atoms with Crippen molar-refractivity contribution < 1.29 is 4.79 Å². The predicted octanol–water partition coefficient (Wildman–Crippen LogP) is 1.63. The summed E-state index contributed by atoms with van der Waals surface area (Å²) in [6.07, 6.45) is 0.867. The molecule has 0 heterocycles. The summed E-state index contributed by atoms with van der Waals surface area (Å²) in [5, 5.41) is 0. The molecule has 1 rings (SSSR count). The lowest BCUT2D eigenvalue weighted by Crippen LogP contribution is -2.16. The van der Waals surface area contributed by atoms with Crippen LogP contribution in [0, 0.1) is 0 Å². The molecule has 1 aromatic carbocycles. The largest absolute Gasteiger partial charge is 0.376 e. The summed E-state index contributed by atoms with van der Waals surface area (Å²) in [6.45, 7) is 0. The maximum Gasteiger partial charge on any atom is 0.150 e. The lowest BCUT2D eigenvalue weighted by Gasteiger charge is -2.22. The molecular weight excluding hydrogens is 176 g/mol. The molecule has 3 heteroatoms. The molecule has 0 N–H and O–H groups in total. The molecule has 0 fully saturated rings. The van der Waals surface area contributed by atoms with Gasteiger partial charge in [0, 0.05) is 33.8 Å². The highest BCUT2D eigenvalue weighted by molar-refractivity contribution is 5.82. The van der Waals surface area contributed by atoms with E-state index in [-0.39, 0.29) is 0 Å². The van der Waals surface area contributed by atoms with Crippen LogP contribution >= 0.6 is 0 Å². The highest BCUT2D eigenvalue weighted by Crippen LogP contribution is 2.27. The zero-order valence-electron chi connectivity index (χ0n) is 9.11. The fourth-order valence-corrected chi connectivity index (χ4v) is 1.35. The topological polar surface area (TPSA) is 23.6 Å². The van der Waals surface area contributed by atoms with Crippen molar-refractivity contribution in [3.05, 3.63) is 23.8 Å². The molecule has 1 aromatic rings. The predicted molar refractivity (Wildman–Crippen MR) is 60.5 cm³/mol. The highest BCUT2D eigenvalue weighted by Gasteiger charge is 2.06. The molecule has 14 heavy (non-hydrogen) atoms. The van der Waals surface area contributed by atoms with Gasteiger partial charge in [0.2, 0.25) is 0 Å². The first kappa shape index (κ1) is 10.6. The Balaban J connectivity index is 3.23. The summed E-state index contributed by atoms with van der Waals surface area (Å²) >= 11 is 0. The molecule has 0 aliphatic heterocycles. The average molecular weight is 192 g/mol. The molecule has 0 atom stereocenters. The van der Waals surface area contributed by atoms with Crippen molar-refractivity contribution in [3.63, 3.8) is 0 Å². The van der Waals surface area contributed by atoms with Crippen LogP contribution in [0.4, 0.5) is 11.4 Å². The van der Waals surface area contributed by atoms with Crippen molar-refractivity contribution in [2.75, 3.05) is 38.0 Å². The number of benzene rings is 1. The number of hydrogen-bond acceptors (Lipinski definition) is 3. The summed E-state index contributed by atoms with van der Waals surface area (Å²) in [5.41, 5.74) is 2.87. The molecule has 0 radical (unpaired) electrons. The average Bonchev–Trinajstić information content (AvgIpc) is 2.16. The molecule has 0 spiro atoms. The Morgan fingerprint density at radius 1 is 1.00 bits per heavy atom. The SMILES string of the molecule is CN(C)c1ccc(C=O)cc1N(C)C. The molecule has 0 aliphatic rings. The Labute approximate surface area is 84.9 Å². The molecular formula is C11H16N2O. The van der Waals surface area contributed by atoms with E-state index in [0.29, 0.717) is 5.56 Å². The monoisotopic (exact) mass is 192 g/mol. The highest BCUT2D eigenvalue weighted by atomic mass is 16.1. The van der Waals surface area contributed by atoms with Gasteiger partial charge in [-0.3, -0.25) is 4.79 Å². The van der Waals surface area contributed by atoms with E-state index in [0.717, 1.165) is 17.7 Å². The van der Waals surface area contributed by atoms with E-state index in [2.05, 4.69) is 0 Å². The number of anilines is 2. The van der Waals surface area contributed by atoms with Crippen LogP contribution in [0.15, 0.2) is 18.2 Å². The maximum absolute atomic E-state index is 10.6. The van der Waals surface area contributed by atoms with Crippen molar-refractivity contribution in [3.8, 4) is 0 Å². The standard InChI is InChI=1S/C11H16N2O/c1-12(2)10-6-5-9(8-14)7-11(10)13(3)4/h5-8H,1-4H3. The van der Waals surface area contributed by atoms with E-state index in [4.69, 9.17) is 0 Å².